The first kappa shape index (κ1) is 16.5. The summed E-state index contributed by atoms with van der Waals surface area (Å²) in [6, 6.07) is 13.7. The Morgan fingerprint density at radius 1 is 1.21 bits per heavy atom. The van der Waals surface area contributed by atoms with Gasteiger partial charge in [-0.05, 0) is 30.7 Å². The lowest BCUT2D eigenvalue weighted by Gasteiger charge is -2.08. The fourth-order valence-electron chi connectivity index (χ4n) is 2.11. The van der Waals surface area contributed by atoms with Gasteiger partial charge in [-0.15, -0.1) is 10.2 Å². The fraction of sp³-hybridized carbons (Fsp3) is 0.125. The van der Waals surface area contributed by atoms with E-state index < -0.39 is 4.92 Å². The Balaban J connectivity index is 1.77. The van der Waals surface area contributed by atoms with Crippen molar-refractivity contribution in [1.29, 1.82) is 0 Å². The number of thioether (sulfide) groups is 1. The van der Waals surface area contributed by atoms with Gasteiger partial charge in [-0.25, -0.2) is 0 Å². The van der Waals surface area contributed by atoms with Crippen molar-refractivity contribution in [1.82, 2.24) is 10.2 Å². The van der Waals surface area contributed by atoms with Crippen LogP contribution in [0.4, 0.5) is 5.69 Å². The lowest BCUT2D eigenvalue weighted by Crippen LogP contribution is -1.92. The average molecular weight is 362 g/mol. The molecule has 0 amide bonds. The Hall–Kier alpha value is -2.38. The van der Waals surface area contributed by atoms with E-state index in [2.05, 4.69) is 10.2 Å². The van der Waals surface area contributed by atoms with Crippen molar-refractivity contribution in [3.05, 3.63) is 69.2 Å². The van der Waals surface area contributed by atoms with Crippen molar-refractivity contribution >= 4 is 29.1 Å². The molecule has 1 aromatic heterocycles. The van der Waals surface area contributed by atoms with Gasteiger partial charge in [0.25, 0.3) is 10.9 Å². The summed E-state index contributed by atoms with van der Waals surface area (Å²) >= 11 is 7.30. The summed E-state index contributed by atoms with van der Waals surface area (Å²) in [6.45, 7) is 1.92. The van der Waals surface area contributed by atoms with Gasteiger partial charge < -0.3 is 4.42 Å². The van der Waals surface area contributed by atoms with E-state index in [-0.39, 0.29) is 10.9 Å². The zero-order chi connectivity index (χ0) is 17.1. The molecule has 0 aliphatic rings. The topological polar surface area (TPSA) is 82.1 Å². The third-order valence-corrected chi connectivity index (χ3v) is 4.53. The Bertz CT molecular complexity index is 884. The van der Waals surface area contributed by atoms with Crippen LogP contribution in [-0.2, 0) is 0 Å². The van der Waals surface area contributed by atoms with Crippen molar-refractivity contribution in [2.45, 2.75) is 17.4 Å². The molecule has 8 heteroatoms. The molecule has 0 N–H and O–H groups in total. The van der Waals surface area contributed by atoms with E-state index in [1.54, 1.807) is 30.3 Å². The number of halogens is 1. The summed E-state index contributed by atoms with van der Waals surface area (Å²) in [5, 5.41) is 19.8. The van der Waals surface area contributed by atoms with Gasteiger partial charge in [-0.1, -0.05) is 41.6 Å². The molecule has 122 valence electrons. The molecule has 0 saturated carbocycles. The number of benzene rings is 2. The van der Waals surface area contributed by atoms with Crippen LogP contribution in [0.3, 0.4) is 0 Å². The maximum atomic E-state index is 10.9. The summed E-state index contributed by atoms with van der Waals surface area (Å²) in [4.78, 5) is 10.5. The third-order valence-electron chi connectivity index (χ3n) is 3.31. The normalized spacial score (nSPS) is 12.1. The minimum atomic E-state index is -0.412. The zero-order valence-corrected chi connectivity index (χ0v) is 14.1. The van der Waals surface area contributed by atoms with Gasteiger partial charge in [-0.3, -0.25) is 10.1 Å². The first-order valence-electron chi connectivity index (χ1n) is 7.03. The summed E-state index contributed by atoms with van der Waals surface area (Å²) in [5.41, 5.74) is 1.62. The third kappa shape index (κ3) is 3.74. The van der Waals surface area contributed by atoms with Crippen LogP contribution in [0, 0.1) is 10.1 Å². The van der Waals surface area contributed by atoms with Crippen molar-refractivity contribution in [3.8, 4) is 11.5 Å². The maximum Gasteiger partial charge on any atom is 0.277 e. The molecule has 0 saturated heterocycles. The van der Waals surface area contributed by atoms with E-state index in [9.17, 15) is 10.1 Å². The minimum Gasteiger partial charge on any atom is -0.411 e. The van der Waals surface area contributed by atoms with Crippen molar-refractivity contribution < 1.29 is 9.34 Å². The second kappa shape index (κ2) is 7.02. The number of rotatable bonds is 5. The van der Waals surface area contributed by atoms with Crippen LogP contribution in [0.2, 0.25) is 5.02 Å². The number of nitrogens with zero attached hydrogens (tertiary/aromatic N) is 3. The van der Waals surface area contributed by atoms with Gasteiger partial charge in [0, 0.05) is 28.0 Å². The highest BCUT2D eigenvalue weighted by Crippen LogP contribution is 2.36. The van der Waals surface area contributed by atoms with Crippen LogP contribution >= 0.6 is 23.4 Å². The molecule has 0 radical (unpaired) electrons. The van der Waals surface area contributed by atoms with E-state index >= 15 is 0 Å². The van der Waals surface area contributed by atoms with Crippen LogP contribution in [-0.4, -0.2) is 15.1 Å². The van der Waals surface area contributed by atoms with Crippen molar-refractivity contribution in [3.63, 3.8) is 0 Å². The Labute approximate surface area is 147 Å². The van der Waals surface area contributed by atoms with Crippen molar-refractivity contribution in [2.75, 3.05) is 0 Å². The molecule has 0 aliphatic carbocycles. The molecule has 1 unspecified atom stereocenters. The largest absolute Gasteiger partial charge is 0.411 e. The van der Waals surface area contributed by atoms with Gasteiger partial charge in [0.1, 0.15) is 0 Å². The molecule has 3 rings (SSSR count). The first-order chi connectivity index (χ1) is 11.5. The van der Waals surface area contributed by atoms with E-state index in [0.29, 0.717) is 16.1 Å². The number of nitro groups is 1. The smallest absolute Gasteiger partial charge is 0.277 e. The summed E-state index contributed by atoms with van der Waals surface area (Å²) < 4.78 is 5.64. The van der Waals surface area contributed by atoms with Gasteiger partial charge in [-0.2, -0.15) is 0 Å². The second-order valence-corrected chi connectivity index (χ2v) is 6.72. The van der Waals surface area contributed by atoms with Crippen LogP contribution in [0.15, 0.2) is 58.2 Å². The molecule has 0 aliphatic heterocycles. The summed E-state index contributed by atoms with van der Waals surface area (Å²) in [6.07, 6.45) is 0. The van der Waals surface area contributed by atoms with Crippen LogP contribution in [0.1, 0.15) is 17.7 Å². The molecule has 0 bridgehead atoms. The van der Waals surface area contributed by atoms with Crippen molar-refractivity contribution in [2.24, 2.45) is 0 Å². The molecule has 1 atom stereocenters. The van der Waals surface area contributed by atoms with Gasteiger partial charge >= 0.3 is 0 Å². The van der Waals surface area contributed by atoms with Gasteiger partial charge in [0.15, 0.2) is 0 Å². The highest BCUT2D eigenvalue weighted by molar-refractivity contribution is 7.99. The standard InChI is InChI=1S/C16H12ClN3O3S/c1-10(11-4-3-7-14(9-11)20(21)22)24-16-19-18-15(23-16)12-5-2-6-13(17)8-12/h2-10H,1H3. The van der Waals surface area contributed by atoms with Gasteiger partial charge in [0.05, 0.1) is 4.92 Å². The maximum absolute atomic E-state index is 10.9. The molecule has 2 aromatic carbocycles. The molecular formula is C16H12ClN3O3S. The van der Waals surface area contributed by atoms with Crippen LogP contribution in [0.5, 0.6) is 0 Å². The van der Waals surface area contributed by atoms with Gasteiger partial charge in [0.2, 0.25) is 5.89 Å². The van der Waals surface area contributed by atoms with E-state index in [1.807, 2.05) is 19.1 Å². The monoisotopic (exact) mass is 361 g/mol. The molecule has 0 fully saturated rings. The highest BCUT2D eigenvalue weighted by Gasteiger charge is 2.16. The van der Waals surface area contributed by atoms with Crippen LogP contribution < -0.4 is 0 Å². The first-order valence-corrected chi connectivity index (χ1v) is 8.29. The molecule has 6 nitrogen and oxygen atoms in total. The molecule has 3 aromatic rings. The lowest BCUT2D eigenvalue weighted by molar-refractivity contribution is -0.384. The zero-order valence-electron chi connectivity index (χ0n) is 12.5. The SMILES string of the molecule is CC(Sc1nnc(-c2cccc(Cl)c2)o1)c1cccc([N+](=O)[O-])c1. The van der Waals surface area contributed by atoms with Crippen LogP contribution in [0.25, 0.3) is 11.5 Å². The lowest BCUT2D eigenvalue weighted by atomic mass is 10.1. The number of hydrogen-bond acceptors (Lipinski definition) is 6. The Morgan fingerprint density at radius 3 is 2.75 bits per heavy atom. The number of aromatic nitrogens is 2. The quantitative estimate of drug-likeness (QED) is 0.355. The summed E-state index contributed by atoms with van der Waals surface area (Å²) in [7, 11) is 0. The molecule has 1 heterocycles. The number of hydrogen-bond donors (Lipinski definition) is 0. The predicted molar refractivity (Wildman–Crippen MR) is 92.1 cm³/mol. The second-order valence-electron chi connectivity index (χ2n) is 5.00. The van der Waals surface area contributed by atoms with E-state index in [1.165, 1.54) is 17.8 Å². The fourth-order valence-corrected chi connectivity index (χ4v) is 3.10. The number of nitro benzene ring substituents is 1. The van der Waals surface area contributed by atoms with E-state index in [0.717, 1.165) is 11.1 Å². The van der Waals surface area contributed by atoms with E-state index in [4.69, 9.17) is 16.0 Å². The predicted octanol–water partition coefficient (Wildman–Crippen LogP) is 5.15. The minimum absolute atomic E-state index is 0.0603. The Kier molecular flexibility index (Phi) is 4.82. The Morgan fingerprint density at radius 2 is 2.00 bits per heavy atom. The molecule has 24 heavy (non-hydrogen) atoms. The number of non-ortho nitro benzene ring substituents is 1. The highest BCUT2D eigenvalue weighted by atomic mass is 35.5. The average Bonchev–Trinajstić information content (AvgIpc) is 3.03. The summed E-state index contributed by atoms with van der Waals surface area (Å²) in [5.74, 6) is 0.381. The molecule has 0 spiro atoms. The molecular weight excluding hydrogens is 350 g/mol.